The van der Waals surface area contributed by atoms with E-state index in [0.717, 1.165) is 24.8 Å². The Hall–Kier alpha value is -1.26. The van der Waals surface area contributed by atoms with Gasteiger partial charge in [-0.05, 0) is 37.0 Å². The highest BCUT2D eigenvalue weighted by molar-refractivity contribution is 6.31. The standard InChI is InChI=1S/C14H18ClNO3/c1-19-11-4-3-10(12(15)8-11)7-13(17)16-9-14(18)5-2-6-14/h3-4,8,18H,2,5-7,9H2,1H3,(H,16,17). The summed E-state index contributed by atoms with van der Waals surface area (Å²) in [4.78, 5) is 11.8. The van der Waals surface area contributed by atoms with Gasteiger partial charge in [0.25, 0.3) is 0 Å². The Kier molecular flexibility index (Phi) is 4.32. The van der Waals surface area contributed by atoms with Crippen LogP contribution in [-0.2, 0) is 11.2 Å². The van der Waals surface area contributed by atoms with Gasteiger partial charge in [-0.25, -0.2) is 0 Å². The molecule has 2 N–H and O–H groups in total. The molecule has 0 spiro atoms. The molecule has 19 heavy (non-hydrogen) atoms. The van der Waals surface area contributed by atoms with Crippen LogP contribution in [0.2, 0.25) is 5.02 Å². The van der Waals surface area contributed by atoms with Crippen LogP contribution in [0.3, 0.4) is 0 Å². The van der Waals surface area contributed by atoms with Gasteiger partial charge in [-0.3, -0.25) is 4.79 Å². The maximum atomic E-state index is 11.8. The molecule has 1 aliphatic rings. The second-order valence-corrected chi connectivity index (χ2v) is 5.40. The van der Waals surface area contributed by atoms with Crippen molar-refractivity contribution in [1.82, 2.24) is 5.32 Å². The highest BCUT2D eigenvalue weighted by Crippen LogP contribution is 2.30. The van der Waals surface area contributed by atoms with Gasteiger partial charge < -0.3 is 15.2 Å². The predicted molar refractivity (Wildman–Crippen MR) is 73.5 cm³/mol. The molecule has 1 aromatic rings. The summed E-state index contributed by atoms with van der Waals surface area (Å²) in [6.45, 7) is 0.319. The molecule has 1 aromatic carbocycles. The molecule has 0 saturated heterocycles. The average Bonchev–Trinajstić information content (AvgIpc) is 2.36. The van der Waals surface area contributed by atoms with Crippen molar-refractivity contribution in [3.05, 3.63) is 28.8 Å². The van der Waals surface area contributed by atoms with Gasteiger partial charge in [-0.15, -0.1) is 0 Å². The molecule has 0 atom stereocenters. The van der Waals surface area contributed by atoms with Gasteiger partial charge in [0.2, 0.25) is 5.91 Å². The third kappa shape index (κ3) is 3.61. The molecule has 0 aromatic heterocycles. The Morgan fingerprint density at radius 1 is 1.53 bits per heavy atom. The molecule has 2 rings (SSSR count). The number of nitrogens with one attached hydrogen (secondary N) is 1. The third-order valence-electron chi connectivity index (χ3n) is 3.51. The number of rotatable bonds is 5. The average molecular weight is 284 g/mol. The summed E-state index contributed by atoms with van der Waals surface area (Å²) < 4.78 is 5.05. The molecule has 0 bridgehead atoms. The van der Waals surface area contributed by atoms with E-state index in [1.807, 2.05) is 0 Å². The number of aliphatic hydroxyl groups is 1. The van der Waals surface area contributed by atoms with Crippen molar-refractivity contribution in [3.8, 4) is 5.75 Å². The Morgan fingerprint density at radius 3 is 2.79 bits per heavy atom. The molecule has 1 aliphatic carbocycles. The lowest BCUT2D eigenvalue weighted by Gasteiger charge is -2.36. The van der Waals surface area contributed by atoms with E-state index >= 15 is 0 Å². The van der Waals surface area contributed by atoms with Crippen molar-refractivity contribution in [1.29, 1.82) is 0 Å². The van der Waals surface area contributed by atoms with Crippen molar-refractivity contribution in [2.75, 3.05) is 13.7 Å². The molecule has 0 radical (unpaired) electrons. The van der Waals surface area contributed by atoms with E-state index in [1.54, 1.807) is 25.3 Å². The Labute approximate surface area is 117 Å². The summed E-state index contributed by atoms with van der Waals surface area (Å²) in [7, 11) is 1.57. The smallest absolute Gasteiger partial charge is 0.224 e. The van der Waals surface area contributed by atoms with Crippen molar-refractivity contribution < 1.29 is 14.6 Å². The number of carbonyl (C=O) groups excluding carboxylic acids is 1. The second-order valence-electron chi connectivity index (χ2n) is 4.99. The lowest BCUT2D eigenvalue weighted by atomic mass is 9.80. The van der Waals surface area contributed by atoms with Gasteiger partial charge in [0, 0.05) is 11.6 Å². The lowest BCUT2D eigenvalue weighted by Crippen LogP contribution is -2.48. The molecule has 0 unspecified atom stereocenters. The first kappa shape index (κ1) is 14.2. The first-order valence-electron chi connectivity index (χ1n) is 6.34. The first-order valence-corrected chi connectivity index (χ1v) is 6.72. The van der Waals surface area contributed by atoms with Gasteiger partial charge in [-0.1, -0.05) is 17.7 Å². The van der Waals surface area contributed by atoms with Crippen LogP contribution in [0.5, 0.6) is 5.75 Å². The van der Waals surface area contributed by atoms with Crippen LogP contribution in [0.4, 0.5) is 0 Å². The van der Waals surface area contributed by atoms with E-state index < -0.39 is 5.60 Å². The van der Waals surface area contributed by atoms with Crippen LogP contribution in [0.15, 0.2) is 18.2 Å². The Bertz CT molecular complexity index is 472. The number of hydrogen-bond donors (Lipinski definition) is 2. The van der Waals surface area contributed by atoms with E-state index in [1.165, 1.54) is 0 Å². The quantitative estimate of drug-likeness (QED) is 0.868. The molecule has 1 fully saturated rings. The maximum Gasteiger partial charge on any atom is 0.224 e. The van der Waals surface area contributed by atoms with Crippen LogP contribution in [0.1, 0.15) is 24.8 Å². The van der Waals surface area contributed by atoms with E-state index in [2.05, 4.69) is 5.32 Å². The van der Waals surface area contributed by atoms with Gasteiger partial charge >= 0.3 is 0 Å². The summed E-state index contributed by atoms with van der Waals surface area (Å²) in [6.07, 6.45) is 2.75. The number of hydrogen-bond acceptors (Lipinski definition) is 3. The number of methoxy groups -OCH3 is 1. The fraction of sp³-hybridized carbons (Fsp3) is 0.500. The summed E-state index contributed by atoms with van der Waals surface area (Å²) in [6, 6.07) is 5.23. The van der Waals surface area contributed by atoms with Gasteiger partial charge in [0.05, 0.1) is 19.1 Å². The van der Waals surface area contributed by atoms with E-state index in [0.29, 0.717) is 17.3 Å². The topological polar surface area (TPSA) is 58.6 Å². The SMILES string of the molecule is COc1ccc(CC(=O)NCC2(O)CCC2)c(Cl)c1. The van der Waals surface area contributed by atoms with E-state index in [4.69, 9.17) is 16.3 Å². The zero-order valence-electron chi connectivity index (χ0n) is 10.9. The van der Waals surface area contributed by atoms with Crippen LogP contribution in [-0.4, -0.2) is 30.3 Å². The first-order chi connectivity index (χ1) is 9.02. The molecule has 1 saturated carbocycles. The van der Waals surface area contributed by atoms with Gasteiger partial charge in [0.15, 0.2) is 0 Å². The molecule has 5 heteroatoms. The van der Waals surface area contributed by atoms with E-state index in [-0.39, 0.29) is 12.3 Å². The fourth-order valence-electron chi connectivity index (χ4n) is 2.06. The molecule has 1 amide bonds. The highest BCUT2D eigenvalue weighted by atomic mass is 35.5. The largest absolute Gasteiger partial charge is 0.497 e. The third-order valence-corrected chi connectivity index (χ3v) is 3.86. The van der Waals surface area contributed by atoms with Gasteiger partial charge in [-0.2, -0.15) is 0 Å². The summed E-state index contributed by atoms with van der Waals surface area (Å²) >= 11 is 6.07. The summed E-state index contributed by atoms with van der Waals surface area (Å²) in [5.74, 6) is 0.533. The fourth-order valence-corrected chi connectivity index (χ4v) is 2.30. The normalized spacial score (nSPS) is 16.6. The maximum absolute atomic E-state index is 11.8. The Morgan fingerprint density at radius 2 is 2.26 bits per heavy atom. The van der Waals surface area contributed by atoms with Crippen LogP contribution < -0.4 is 10.1 Å². The lowest BCUT2D eigenvalue weighted by molar-refractivity contribution is -0.122. The molecule has 0 heterocycles. The monoisotopic (exact) mass is 283 g/mol. The minimum Gasteiger partial charge on any atom is -0.497 e. The minimum atomic E-state index is -0.695. The van der Waals surface area contributed by atoms with Crippen molar-refractivity contribution >= 4 is 17.5 Å². The zero-order valence-corrected chi connectivity index (χ0v) is 11.7. The van der Waals surface area contributed by atoms with Crippen LogP contribution >= 0.6 is 11.6 Å². The number of benzene rings is 1. The van der Waals surface area contributed by atoms with Crippen LogP contribution in [0.25, 0.3) is 0 Å². The minimum absolute atomic E-state index is 0.132. The van der Waals surface area contributed by atoms with Crippen LogP contribution in [0, 0.1) is 0 Å². The predicted octanol–water partition coefficient (Wildman–Crippen LogP) is 1.92. The molecule has 0 aliphatic heterocycles. The highest BCUT2D eigenvalue weighted by Gasteiger charge is 2.34. The molecule has 104 valence electrons. The molecular weight excluding hydrogens is 266 g/mol. The number of amides is 1. The number of ether oxygens (including phenoxy) is 1. The van der Waals surface area contributed by atoms with E-state index in [9.17, 15) is 9.90 Å². The summed E-state index contributed by atoms with van der Waals surface area (Å²) in [5.41, 5.74) is 0.0554. The molecular formula is C14H18ClNO3. The van der Waals surface area contributed by atoms with Gasteiger partial charge in [0.1, 0.15) is 5.75 Å². The molecule has 4 nitrogen and oxygen atoms in total. The Balaban J connectivity index is 1.88. The second kappa shape index (κ2) is 5.80. The number of carbonyl (C=O) groups is 1. The summed E-state index contributed by atoms with van der Waals surface area (Å²) in [5, 5.41) is 13.2. The number of halogens is 1. The van der Waals surface area contributed by atoms with Crippen molar-refractivity contribution in [3.63, 3.8) is 0 Å². The van der Waals surface area contributed by atoms with Crippen molar-refractivity contribution in [2.24, 2.45) is 0 Å². The van der Waals surface area contributed by atoms with Crippen molar-refractivity contribution in [2.45, 2.75) is 31.3 Å². The zero-order chi connectivity index (χ0) is 13.9.